The van der Waals surface area contributed by atoms with Crippen molar-refractivity contribution in [2.24, 2.45) is 0 Å². The summed E-state index contributed by atoms with van der Waals surface area (Å²) in [4.78, 5) is 7.08. The molecule has 0 aliphatic heterocycles. The van der Waals surface area contributed by atoms with Crippen molar-refractivity contribution in [1.29, 1.82) is 0 Å². The van der Waals surface area contributed by atoms with E-state index in [1.54, 1.807) is 12.4 Å². The maximum Gasteiger partial charge on any atom is 0.111 e. The Morgan fingerprint density at radius 3 is 3.00 bits per heavy atom. The number of aromatic nitrogens is 2. The molecule has 0 saturated carbocycles. The zero-order valence-corrected chi connectivity index (χ0v) is 6.56. The normalized spacial score (nSPS) is 9.45. The second kappa shape index (κ2) is 2.80. The van der Waals surface area contributed by atoms with E-state index in [4.69, 9.17) is 5.73 Å². The van der Waals surface area contributed by atoms with Crippen LogP contribution in [0, 0.1) is 0 Å². The third-order valence-corrected chi connectivity index (χ3v) is 1.46. The fourth-order valence-electron chi connectivity index (χ4n) is 0.976. The molecule has 3 nitrogen and oxygen atoms in total. The molecule has 0 aliphatic rings. The van der Waals surface area contributed by atoms with Crippen molar-refractivity contribution in [2.45, 2.75) is 0 Å². The molecule has 58 valence electrons. The highest BCUT2D eigenvalue weighted by molar-refractivity contribution is 5.86. The molecule has 0 amide bonds. The van der Waals surface area contributed by atoms with E-state index in [9.17, 15) is 0 Å². The van der Waals surface area contributed by atoms with Crippen LogP contribution in [0.15, 0.2) is 24.5 Å². The topological polar surface area (TPSA) is 54.7 Å². The molecule has 2 aromatic heterocycles. The maximum absolute atomic E-state index is 5.58. The molecule has 0 saturated heterocycles. The van der Waals surface area contributed by atoms with Crippen LogP contribution >= 0.6 is 12.4 Å². The van der Waals surface area contributed by atoms with Gasteiger partial charge >= 0.3 is 0 Å². The molecular weight excluding hydrogens is 162 g/mol. The number of halogens is 1. The Morgan fingerprint density at radius 2 is 2.27 bits per heavy atom. The first-order valence-electron chi connectivity index (χ1n) is 3.05. The van der Waals surface area contributed by atoms with Crippen LogP contribution in [0.4, 0.5) is 5.69 Å². The van der Waals surface area contributed by atoms with Gasteiger partial charge in [0.15, 0.2) is 0 Å². The second-order valence-corrected chi connectivity index (χ2v) is 2.14. The van der Waals surface area contributed by atoms with E-state index >= 15 is 0 Å². The Morgan fingerprint density at radius 1 is 1.45 bits per heavy atom. The Kier molecular flexibility index (Phi) is 2.01. The lowest BCUT2D eigenvalue weighted by Crippen LogP contribution is -1.81. The first-order chi connectivity index (χ1) is 4.88. The van der Waals surface area contributed by atoms with E-state index in [0.29, 0.717) is 5.69 Å². The maximum atomic E-state index is 5.58. The summed E-state index contributed by atoms with van der Waals surface area (Å²) in [6.07, 6.45) is 3.48. The van der Waals surface area contributed by atoms with E-state index in [0.717, 1.165) is 11.0 Å². The van der Waals surface area contributed by atoms with Gasteiger partial charge < -0.3 is 10.7 Å². The molecule has 3 N–H and O–H groups in total. The third kappa shape index (κ3) is 1.14. The summed E-state index contributed by atoms with van der Waals surface area (Å²) < 4.78 is 0. The number of aromatic amines is 1. The van der Waals surface area contributed by atoms with Gasteiger partial charge in [-0.3, -0.25) is 4.98 Å². The number of nitrogen functional groups attached to an aromatic ring is 1. The van der Waals surface area contributed by atoms with E-state index in [1.165, 1.54) is 0 Å². The van der Waals surface area contributed by atoms with E-state index in [1.807, 2.05) is 12.1 Å². The lowest BCUT2D eigenvalue weighted by molar-refractivity contribution is 1.41. The number of nitrogens with two attached hydrogens (primary N) is 1. The SMILES string of the molecule is Cl.Nc1c[nH]c2cccnc12. The molecule has 0 unspecified atom stereocenters. The number of anilines is 1. The number of nitrogens with zero attached hydrogens (tertiary/aromatic N) is 1. The molecule has 0 aliphatic carbocycles. The fraction of sp³-hybridized carbons (Fsp3) is 0. The van der Waals surface area contributed by atoms with Gasteiger partial charge in [0.1, 0.15) is 5.52 Å². The van der Waals surface area contributed by atoms with Gasteiger partial charge in [-0.2, -0.15) is 0 Å². The molecule has 2 heterocycles. The zero-order valence-electron chi connectivity index (χ0n) is 5.74. The summed E-state index contributed by atoms with van der Waals surface area (Å²) >= 11 is 0. The molecule has 0 aromatic carbocycles. The summed E-state index contributed by atoms with van der Waals surface area (Å²) in [5.74, 6) is 0. The zero-order chi connectivity index (χ0) is 6.97. The predicted molar refractivity (Wildman–Crippen MR) is 47.8 cm³/mol. The van der Waals surface area contributed by atoms with Crippen LogP contribution in [0.2, 0.25) is 0 Å². The van der Waals surface area contributed by atoms with Gasteiger partial charge in [0.05, 0.1) is 11.2 Å². The summed E-state index contributed by atoms with van der Waals surface area (Å²) in [5.41, 5.74) is 8.12. The number of hydrogen-bond acceptors (Lipinski definition) is 2. The van der Waals surface area contributed by atoms with Crippen molar-refractivity contribution in [3.8, 4) is 0 Å². The first-order valence-corrected chi connectivity index (χ1v) is 3.05. The van der Waals surface area contributed by atoms with Crippen LogP contribution in [0.5, 0.6) is 0 Å². The van der Waals surface area contributed by atoms with Gasteiger partial charge in [0.2, 0.25) is 0 Å². The van der Waals surface area contributed by atoms with Gasteiger partial charge in [-0.15, -0.1) is 12.4 Å². The number of rotatable bonds is 0. The highest BCUT2D eigenvalue weighted by Gasteiger charge is 1.96. The number of H-pyrrole nitrogens is 1. The van der Waals surface area contributed by atoms with Crippen molar-refractivity contribution in [3.63, 3.8) is 0 Å². The highest BCUT2D eigenvalue weighted by atomic mass is 35.5. The minimum atomic E-state index is 0. The Hall–Kier alpha value is -1.22. The van der Waals surface area contributed by atoms with E-state index in [-0.39, 0.29) is 12.4 Å². The molecule has 2 aromatic rings. The Labute approximate surface area is 70.0 Å². The van der Waals surface area contributed by atoms with Crippen molar-refractivity contribution < 1.29 is 0 Å². The number of pyridine rings is 1. The van der Waals surface area contributed by atoms with Crippen molar-refractivity contribution >= 4 is 29.1 Å². The van der Waals surface area contributed by atoms with Gasteiger partial charge in [-0.25, -0.2) is 0 Å². The van der Waals surface area contributed by atoms with Crippen LogP contribution in [-0.2, 0) is 0 Å². The minimum Gasteiger partial charge on any atom is -0.396 e. The van der Waals surface area contributed by atoms with Crippen LogP contribution in [0.1, 0.15) is 0 Å². The van der Waals surface area contributed by atoms with Gasteiger partial charge in [0, 0.05) is 12.4 Å². The lowest BCUT2D eigenvalue weighted by Gasteiger charge is -1.86. The molecule has 2 rings (SSSR count). The lowest BCUT2D eigenvalue weighted by atomic mass is 10.4. The smallest absolute Gasteiger partial charge is 0.111 e. The molecule has 0 bridgehead atoms. The fourth-order valence-corrected chi connectivity index (χ4v) is 0.976. The predicted octanol–water partition coefficient (Wildman–Crippen LogP) is 1.57. The molecule has 0 spiro atoms. The molecule has 11 heavy (non-hydrogen) atoms. The third-order valence-electron chi connectivity index (χ3n) is 1.46. The van der Waals surface area contributed by atoms with Crippen LogP contribution in [-0.4, -0.2) is 9.97 Å². The molecular formula is C7H8ClN3. The van der Waals surface area contributed by atoms with Crippen LogP contribution < -0.4 is 5.73 Å². The summed E-state index contributed by atoms with van der Waals surface area (Å²) in [6, 6.07) is 3.82. The average molecular weight is 170 g/mol. The van der Waals surface area contributed by atoms with Gasteiger partial charge in [0.25, 0.3) is 0 Å². The summed E-state index contributed by atoms with van der Waals surface area (Å²) in [6.45, 7) is 0. The van der Waals surface area contributed by atoms with Gasteiger partial charge in [-0.1, -0.05) is 0 Å². The van der Waals surface area contributed by atoms with Crippen molar-refractivity contribution in [1.82, 2.24) is 9.97 Å². The first kappa shape index (κ1) is 7.88. The van der Waals surface area contributed by atoms with Crippen molar-refractivity contribution in [3.05, 3.63) is 24.5 Å². The largest absolute Gasteiger partial charge is 0.396 e. The van der Waals surface area contributed by atoms with Crippen molar-refractivity contribution in [2.75, 3.05) is 5.73 Å². The molecule has 0 atom stereocenters. The monoisotopic (exact) mass is 169 g/mol. The number of hydrogen-bond donors (Lipinski definition) is 2. The second-order valence-electron chi connectivity index (χ2n) is 2.14. The van der Waals surface area contributed by atoms with E-state index in [2.05, 4.69) is 9.97 Å². The Balaban J connectivity index is 0.000000605. The Bertz CT molecular complexity index is 355. The highest BCUT2D eigenvalue weighted by Crippen LogP contribution is 2.15. The van der Waals surface area contributed by atoms with Gasteiger partial charge in [-0.05, 0) is 12.1 Å². The van der Waals surface area contributed by atoms with Crippen LogP contribution in [0.3, 0.4) is 0 Å². The van der Waals surface area contributed by atoms with Crippen LogP contribution in [0.25, 0.3) is 11.0 Å². The molecule has 0 radical (unpaired) electrons. The summed E-state index contributed by atoms with van der Waals surface area (Å²) in [7, 11) is 0. The average Bonchev–Trinajstić information content (AvgIpc) is 2.34. The number of fused-ring (bicyclic) bond motifs is 1. The standard InChI is InChI=1S/C7H7N3.ClH/c8-5-4-10-6-2-1-3-9-7(5)6;/h1-4,10H,8H2;1H. The molecule has 0 fully saturated rings. The number of nitrogens with one attached hydrogen (secondary N) is 1. The van der Waals surface area contributed by atoms with E-state index < -0.39 is 0 Å². The summed E-state index contributed by atoms with van der Waals surface area (Å²) in [5, 5.41) is 0. The quantitative estimate of drug-likeness (QED) is 0.629. The minimum absolute atomic E-state index is 0. The molecule has 4 heteroatoms.